The van der Waals surface area contributed by atoms with Gasteiger partial charge in [-0.25, -0.2) is 14.8 Å². The number of amides is 4. The fraction of sp³-hybridized carbons (Fsp3) is 0.611. The van der Waals surface area contributed by atoms with Crippen LogP contribution in [0, 0.1) is 0 Å². The van der Waals surface area contributed by atoms with E-state index in [1.165, 1.54) is 0 Å². The molecule has 0 saturated carbocycles. The first-order chi connectivity index (χ1) is 12.9. The number of carbonyl (C=O) groups is 3. The molecule has 2 saturated heterocycles. The lowest BCUT2D eigenvalue weighted by Crippen LogP contribution is -2.51. The number of hydrogen-bond donors (Lipinski definition) is 1. The Kier molecular flexibility index (Phi) is 4.24. The van der Waals surface area contributed by atoms with Gasteiger partial charge in [-0.1, -0.05) is 0 Å². The van der Waals surface area contributed by atoms with Gasteiger partial charge >= 0.3 is 6.03 Å². The summed E-state index contributed by atoms with van der Waals surface area (Å²) in [5, 5.41) is 2.45. The predicted octanol–water partition coefficient (Wildman–Crippen LogP) is -0.0992. The van der Waals surface area contributed by atoms with E-state index in [0.29, 0.717) is 19.0 Å². The second-order valence-electron chi connectivity index (χ2n) is 7.78. The van der Waals surface area contributed by atoms with Gasteiger partial charge in [0.25, 0.3) is 5.91 Å². The van der Waals surface area contributed by atoms with Gasteiger partial charge in [-0.2, -0.15) is 0 Å². The van der Waals surface area contributed by atoms with Crippen molar-refractivity contribution in [1.29, 1.82) is 0 Å². The van der Waals surface area contributed by atoms with Gasteiger partial charge in [-0.05, 0) is 31.2 Å². The van der Waals surface area contributed by atoms with Gasteiger partial charge in [0.1, 0.15) is 6.54 Å². The quantitative estimate of drug-likeness (QED) is 0.744. The van der Waals surface area contributed by atoms with Crippen molar-refractivity contribution in [3.63, 3.8) is 0 Å². The number of urea groups is 1. The molecule has 144 valence electrons. The number of imide groups is 1. The van der Waals surface area contributed by atoms with Crippen LogP contribution in [0.5, 0.6) is 0 Å². The number of fused-ring (bicyclic) bond motifs is 2. The van der Waals surface area contributed by atoms with Crippen LogP contribution in [0.4, 0.5) is 10.7 Å². The van der Waals surface area contributed by atoms with Gasteiger partial charge < -0.3 is 15.1 Å². The van der Waals surface area contributed by atoms with Crippen molar-refractivity contribution in [2.75, 3.05) is 45.2 Å². The highest BCUT2D eigenvalue weighted by Gasteiger charge is 2.45. The molecule has 9 nitrogen and oxygen atoms in total. The largest absolute Gasteiger partial charge is 0.347 e. The first-order valence-electron chi connectivity index (χ1n) is 9.29. The summed E-state index contributed by atoms with van der Waals surface area (Å²) in [6.45, 7) is 0.992. The molecule has 3 aliphatic rings. The highest BCUT2D eigenvalue weighted by atomic mass is 16.2. The third-order valence-corrected chi connectivity index (χ3v) is 5.79. The van der Waals surface area contributed by atoms with Gasteiger partial charge in [-0.3, -0.25) is 14.5 Å². The molecule has 4 amide bonds. The number of piperidine rings is 1. The molecule has 2 aliphatic heterocycles. The van der Waals surface area contributed by atoms with Crippen LogP contribution >= 0.6 is 0 Å². The second kappa shape index (κ2) is 6.47. The van der Waals surface area contributed by atoms with Crippen LogP contribution in [0.1, 0.15) is 30.5 Å². The van der Waals surface area contributed by atoms with E-state index in [1.54, 1.807) is 4.90 Å². The molecule has 1 N–H and O–H groups in total. The topological polar surface area (TPSA) is 98.7 Å². The van der Waals surface area contributed by atoms with E-state index in [2.05, 4.69) is 10.3 Å². The standard InChI is InChI=1S/C18H24N6O3/c1-22(2)16-19-8-12-4-6-18(15(12)21-16)5-3-7-23(11-18)14(26)10-24-13(25)9-20-17(24)27/h8H,3-7,9-11H2,1-2H3,(H,20,27). The molecule has 1 aliphatic carbocycles. The fourth-order valence-electron chi connectivity index (χ4n) is 4.34. The van der Waals surface area contributed by atoms with Gasteiger partial charge in [0.2, 0.25) is 11.9 Å². The second-order valence-corrected chi connectivity index (χ2v) is 7.78. The van der Waals surface area contributed by atoms with E-state index in [4.69, 9.17) is 4.98 Å². The van der Waals surface area contributed by atoms with Crippen molar-refractivity contribution in [2.24, 2.45) is 0 Å². The SMILES string of the molecule is CN(C)c1ncc2c(n1)C1(CCCN(C(=O)CN3C(=O)CNC3=O)C1)CC2. The average molecular weight is 372 g/mol. The minimum atomic E-state index is -0.491. The van der Waals surface area contributed by atoms with E-state index < -0.39 is 6.03 Å². The van der Waals surface area contributed by atoms with Gasteiger partial charge in [0.15, 0.2) is 0 Å². The molecule has 4 rings (SSSR count). The number of carbonyl (C=O) groups excluding carboxylic acids is 3. The predicted molar refractivity (Wildman–Crippen MR) is 97.3 cm³/mol. The number of anilines is 1. The monoisotopic (exact) mass is 372 g/mol. The van der Waals surface area contributed by atoms with E-state index in [0.717, 1.165) is 41.8 Å². The summed E-state index contributed by atoms with van der Waals surface area (Å²) in [5.41, 5.74) is 2.05. The Morgan fingerprint density at radius 2 is 2.15 bits per heavy atom. The van der Waals surface area contributed by atoms with E-state index in [1.807, 2.05) is 25.2 Å². The molecule has 1 atom stereocenters. The summed E-state index contributed by atoms with van der Waals surface area (Å²) in [7, 11) is 3.83. The zero-order chi connectivity index (χ0) is 19.2. The lowest BCUT2D eigenvalue weighted by atomic mass is 9.77. The van der Waals surface area contributed by atoms with Crippen molar-refractivity contribution < 1.29 is 14.4 Å². The summed E-state index contributed by atoms with van der Waals surface area (Å²) in [4.78, 5) is 50.2. The molecular formula is C18H24N6O3. The summed E-state index contributed by atoms with van der Waals surface area (Å²) < 4.78 is 0. The van der Waals surface area contributed by atoms with Gasteiger partial charge in [-0.15, -0.1) is 0 Å². The average Bonchev–Trinajstić information content (AvgIpc) is 3.16. The molecule has 3 heterocycles. The number of nitrogens with zero attached hydrogens (tertiary/aromatic N) is 5. The fourth-order valence-corrected chi connectivity index (χ4v) is 4.34. The van der Waals surface area contributed by atoms with Crippen LogP contribution in [0.15, 0.2) is 6.20 Å². The third kappa shape index (κ3) is 3.00. The molecule has 27 heavy (non-hydrogen) atoms. The van der Waals surface area contributed by atoms with Gasteiger partial charge in [0, 0.05) is 38.8 Å². The number of likely N-dealkylation sites (tertiary alicyclic amines) is 1. The van der Waals surface area contributed by atoms with Crippen molar-refractivity contribution in [2.45, 2.75) is 31.1 Å². The van der Waals surface area contributed by atoms with Crippen LogP contribution in [-0.4, -0.2) is 77.9 Å². The molecule has 1 unspecified atom stereocenters. The van der Waals surface area contributed by atoms with Crippen LogP contribution in [-0.2, 0) is 21.4 Å². The summed E-state index contributed by atoms with van der Waals surface area (Å²) >= 11 is 0. The third-order valence-electron chi connectivity index (χ3n) is 5.79. The number of hydrogen-bond acceptors (Lipinski definition) is 6. The molecule has 1 aromatic heterocycles. The van der Waals surface area contributed by atoms with Crippen molar-refractivity contribution in [1.82, 2.24) is 25.1 Å². The Bertz CT molecular complexity index is 790. The first-order valence-corrected chi connectivity index (χ1v) is 9.29. The normalized spacial score (nSPS) is 24.4. The molecule has 0 radical (unpaired) electrons. The van der Waals surface area contributed by atoms with E-state index in [-0.39, 0.29) is 30.3 Å². The van der Waals surface area contributed by atoms with Crippen LogP contribution in [0.2, 0.25) is 0 Å². The van der Waals surface area contributed by atoms with Crippen molar-refractivity contribution in [3.05, 3.63) is 17.5 Å². The Hall–Kier alpha value is -2.71. The summed E-state index contributed by atoms with van der Waals surface area (Å²) in [6.07, 6.45) is 5.63. The summed E-state index contributed by atoms with van der Waals surface area (Å²) in [6, 6.07) is -0.491. The van der Waals surface area contributed by atoms with Gasteiger partial charge in [0.05, 0.1) is 12.2 Å². The van der Waals surface area contributed by atoms with Crippen molar-refractivity contribution in [3.8, 4) is 0 Å². The number of nitrogens with one attached hydrogen (secondary N) is 1. The van der Waals surface area contributed by atoms with Crippen molar-refractivity contribution >= 4 is 23.8 Å². The Morgan fingerprint density at radius 3 is 2.85 bits per heavy atom. The van der Waals surface area contributed by atoms with Crippen LogP contribution < -0.4 is 10.2 Å². The minimum Gasteiger partial charge on any atom is -0.347 e. The van der Waals surface area contributed by atoms with E-state index >= 15 is 0 Å². The maximum atomic E-state index is 12.8. The molecule has 2 fully saturated rings. The lowest BCUT2D eigenvalue weighted by Gasteiger charge is -2.41. The van der Waals surface area contributed by atoms with Crippen LogP contribution in [0.3, 0.4) is 0 Å². The van der Waals surface area contributed by atoms with E-state index in [9.17, 15) is 14.4 Å². The molecule has 1 aromatic rings. The molecule has 9 heteroatoms. The number of rotatable bonds is 3. The number of aryl methyl sites for hydroxylation is 1. The highest BCUT2D eigenvalue weighted by molar-refractivity contribution is 6.04. The zero-order valence-corrected chi connectivity index (χ0v) is 15.7. The lowest BCUT2D eigenvalue weighted by molar-refractivity contribution is -0.138. The molecule has 0 bridgehead atoms. The maximum absolute atomic E-state index is 12.8. The first kappa shape index (κ1) is 17.7. The highest BCUT2D eigenvalue weighted by Crippen LogP contribution is 2.44. The summed E-state index contributed by atoms with van der Waals surface area (Å²) in [5.74, 6) is 0.141. The molecular weight excluding hydrogens is 348 g/mol. The molecule has 0 aromatic carbocycles. The Labute approximate surface area is 157 Å². The molecule has 1 spiro atoms. The Morgan fingerprint density at radius 1 is 1.33 bits per heavy atom. The number of aromatic nitrogens is 2. The smallest absolute Gasteiger partial charge is 0.325 e. The maximum Gasteiger partial charge on any atom is 0.325 e. The minimum absolute atomic E-state index is 0.0341. The van der Waals surface area contributed by atoms with Crippen LogP contribution in [0.25, 0.3) is 0 Å². The Balaban J connectivity index is 1.54. The zero-order valence-electron chi connectivity index (χ0n) is 15.7.